The van der Waals surface area contributed by atoms with Gasteiger partial charge >= 0.3 is 5.97 Å². The molecule has 1 rings (SSSR count). The van der Waals surface area contributed by atoms with Crippen LogP contribution in [0.5, 0.6) is 0 Å². The summed E-state index contributed by atoms with van der Waals surface area (Å²) < 4.78 is 0. The van der Waals surface area contributed by atoms with Crippen molar-refractivity contribution in [1.29, 1.82) is 0 Å². The predicted molar refractivity (Wildman–Crippen MR) is 132 cm³/mol. The zero-order chi connectivity index (χ0) is 26.4. The second kappa shape index (κ2) is 15.5. The second-order valence-electron chi connectivity index (χ2n) is 7.81. The molecular weight excluding hydrogens is 478 g/mol. The van der Waals surface area contributed by atoms with Gasteiger partial charge in [0.15, 0.2) is 5.96 Å². The van der Waals surface area contributed by atoms with Crippen molar-refractivity contribution < 1.29 is 24.3 Å². The molecule has 15 heteroatoms. The maximum absolute atomic E-state index is 12.8. The summed E-state index contributed by atoms with van der Waals surface area (Å²) in [4.78, 5) is 59.8. The van der Waals surface area contributed by atoms with Crippen LogP contribution in [-0.2, 0) is 25.6 Å². The Labute approximate surface area is 207 Å². The third kappa shape index (κ3) is 11.6. The van der Waals surface area contributed by atoms with E-state index >= 15 is 0 Å². The number of nitrogens with one attached hydrogen (secondary N) is 4. The van der Waals surface area contributed by atoms with Crippen LogP contribution in [0.15, 0.2) is 17.5 Å². The molecule has 0 aliphatic heterocycles. The molecule has 0 spiro atoms. The van der Waals surface area contributed by atoms with E-state index < -0.39 is 47.9 Å². The molecule has 1 aromatic heterocycles. The number of nitrogens with two attached hydrogens (primary N) is 3. The zero-order valence-corrected chi connectivity index (χ0v) is 20.6. The van der Waals surface area contributed by atoms with Crippen molar-refractivity contribution in [2.45, 2.75) is 56.8 Å². The molecule has 0 bridgehead atoms. The Kier molecular flexibility index (Phi) is 13.2. The van der Waals surface area contributed by atoms with E-state index in [1.54, 1.807) is 0 Å². The molecule has 11 N–H and O–H groups in total. The van der Waals surface area contributed by atoms with Crippen LogP contribution < -0.4 is 33.2 Å². The lowest BCUT2D eigenvalue weighted by atomic mass is 10.1. The van der Waals surface area contributed by atoms with Crippen molar-refractivity contribution in [3.8, 4) is 0 Å². The van der Waals surface area contributed by atoms with E-state index in [1.807, 2.05) is 6.26 Å². The molecule has 0 aliphatic rings. The first-order valence-electron chi connectivity index (χ1n) is 11.0. The highest BCUT2D eigenvalue weighted by Gasteiger charge is 2.28. The third-order valence-electron chi connectivity index (χ3n) is 4.89. The average Bonchev–Trinajstić information content (AvgIpc) is 3.31. The zero-order valence-electron chi connectivity index (χ0n) is 19.8. The molecule has 14 nitrogen and oxygen atoms in total. The Morgan fingerprint density at radius 3 is 2.37 bits per heavy atom. The molecule has 1 heterocycles. The Bertz CT molecular complexity index is 861. The number of rotatable bonds is 16. The number of H-pyrrole nitrogens is 1. The number of aromatic amines is 1. The van der Waals surface area contributed by atoms with E-state index in [-0.39, 0.29) is 12.4 Å². The summed E-state index contributed by atoms with van der Waals surface area (Å²) in [7, 11) is 0. The Morgan fingerprint density at radius 2 is 1.80 bits per heavy atom. The Morgan fingerprint density at radius 1 is 1.11 bits per heavy atom. The van der Waals surface area contributed by atoms with E-state index in [0.717, 1.165) is 0 Å². The summed E-state index contributed by atoms with van der Waals surface area (Å²) in [6.45, 7) is 1.75. The molecule has 4 unspecified atom stereocenters. The number of aliphatic carboxylic acids is 1. The number of carboxylic acid groups (broad SMARTS) is 1. The number of aromatic nitrogens is 2. The first-order valence-corrected chi connectivity index (χ1v) is 12.4. The smallest absolute Gasteiger partial charge is 0.326 e. The molecule has 0 saturated carbocycles. The van der Waals surface area contributed by atoms with E-state index in [9.17, 15) is 24.3 Å². The summed E-state index contributed by atoms with van der Waals surface area (Å²) in [6, 6.07) is -4.05. The van der Waals surface area contributed by atoms with Crippen molar-refractivity contribution in [2.24, 2.45) is 22.2 Å². The van der Waals surface area contributed by atoms with Crippen LogP contribution in [0.2, 0.25) is 0 Å². The fourth-order valence-corrected chi connectivity index (χ4v) is 3.40. The highest BCUT2D eigenvalue weighted by atomic mass is 32.2. The molecule has 0 saturated heterocycles. The molecule has 35 heavy (non-hydrogen) atoms. The summed E-state index contributed by atoms with van der Waals surface area (Å²) in [5.74, 6) is -2.49. The topological polar surface area (TPSA) is 244 Å². The maximum atomic E-state index is 12.8. The summed E-state index contributed by atoms with van der Waals surface area (Å²) in [5, 5.41) is 17.0. The van der Waals surface area contributed by atoms with Crippen molar-refractivity contribution >= 4 is 41.4 Å². The highest BCUT2D eigenvalue weighted by molar-refractivity contribution is 7.98. The molecule has 0 aromatic carbocycles. The maximum Gasteiger partial charge on any atom is 0.326 e. The summed E-state index contributed by atoms with van der Waals surface area (Å²) in [6.07, 6.45) is 5.81. The van der Waals surface area contributed by atoms with Crippen LogP contribution in [0.25, 0.3) is 0 Å². The van der Waals surface area contributed by atoms with Crippen molar-refractivity contribution in [3.05, 3.63) is 18.2 Å². The first-order chi connectivity index (χ1) is 16.5. The largest absolute Gasteiger partial charge is 0.480 e. The van der Waals surface area contributed by atoms with Gasteiger partial charge in [0.25, 0.3) is 0 Å². The monoisotopic (exact) mass is 513 g/mol. The number of carbonyl (C=O) groups excluding carboxylic acids is 3. The van der Waals surface area contributed by atoms with E-state index in [2.05, 4.69) is 30.9 Å². The summed E-state index contributed by atoms with van der Waals surface area (Å²) >= 11 is 1.49. The van der Waals surface area contributed by atoms with Crippen molar-refractivity contribution in [3.63, 3.8) is 0 Å². The van der Waals surface area contributed by atoms with E-state index in [0.29, 0.717) is 37.3 Å². The minimum Gasteiger partial charge on any atom is -0.480 e. The third-order valence-corrected chi connectivity index (χ3v) is 5.54. The number of hydrogen-bond acceptors (Lipinski definition) is 8. The van der Waals surface area contributed by atoms with Crippen LogP contribution in [0.4, 0.5) is 0 Å². The number of aliphatic imine (C=N–C) groups is 1. The van der Waals surface area contributed by atoms with Crippen LogP contribution in [0, 0.1) is 0 Å². The van der Waals surface area contributed by atoms with E-state index in [1.165, 1.54) is 31.2 Å². The Balaban J connectivity index is 2.68. The van der Waals surface area contributed by atoms with Crippen molar-refractivity contribution in [2.75, 3.05) is 18.6 Å². The Hall–Kier alpha value is -3.33. The molecule has 196 valence electrons. The lowest BCUT2D eigenvalue weighted by Crippen LogP contribution is -2.56. The predicted octanol–water partition coefficient (Wildman–Crippen LogP) is -2.35. The minimum atomic E-state index is -1.23. The molecule has 3 amide bonds. The lowest BCUT2D eigenvalue weighted by molar-refractivity contribution is -0.142. The van der Waals surface area contributed by atoms with Gasteiger partial charge in [-0.25, -0.2) is 9.78 Å². The first kappa shape index (κ1) is 29.7. The molecular formula is C20H35N9O5S. The lowest BCUT2D eigenvalue weighted by Gasteiger charge is -2.23. The number of carboxylic acids is 1. The number of guanidine groups is 1. The van der Waals surface area contributed by atoms with Gasteiger partial charge in [-0.1, -0.05) is 0 Å². The van der Waals surface area contributed by atoms with Crippen LogP contribution in [0.3, 0.4) is 0 Å². The normalized spacial score (nSPS) is 14.1. The highest BCUT2D eigenvalue weighted by Crippen LogP contribution is 2.04. The van der Waals surface area contributed by atoms with Crippen LogP contribution >= 0.6 is 11.8 Å². The van der Waals surface area contributed by atoms with Crippen LogP contribution in [0.1, 0.15) is 31.9 Å². The van der Waals surface area contributed by atoms with Gasteiger partial charge in [0.2, 0.25) is 17.7 Å². The number of nitrogens with zero attached hydrogens (tertiary/aromatic N) is 2. The number of carbonyl (C=O) groups is 4. The van der Waals surface area contributed by atoms with Gasteiger partial charge in [-0.15, -0.1) is 0 Å². The SMILES string of the molecule is CSCCC(NC(=O)C(N)CCCN=C(N)N)C(=O)NC(C)C(=O)NC(Cc1cnc[nH]1)C(=O)O. The van der Waals surface area contributed by atoms with Gasteiger partial charge in [-0.05, 0) is 38.2 Å². The second-order valence-corrected chi connectivity index (χ2v) is 8.79. The number of hydrogen-bond donors (Lipinski definition) is 8. The quantitative estimate of drug-likeness (QED) is 0.0664. The minimum absolute atomic E-state index is 0.00474. The van der Waals surface area contributed by atoms with Gasteiger partial charge in [0.05, 0.1) is 12.4 Å². The van der Waals surface area contributed by atoms with Gasteiger partial charge < -0.3 is 43.2 Å². The van der Waals surface area contributed by atoms with Crippen molar-refractivity contribution in [1.82, 2.24) is 25.9 Å². The van der Waals surface area contributed by atoms with E-state index in [4.69, 9.17) is 17.2 Å². The molecule has 0 radical (unpaired) electrons. The number of amides is 3. The van der Waals surface area contributed by atoms with Crippen LogP contribution in [-0.4, -0.2) is 87.4 Å². The molecule has 1 aromatic rings. The van der Waals surface area contributed by atoms with Gasteiger partial charge in [0.1, 0.15) is 18.1 Å². The number of thioether (sulfide) groups is 1. The standard InChI is InChI=1S/C20H35N9O5S/c1-11(16(30)29-15(19(33)34)8-12-9-24-10-26-12)27-18(32)14(5-7-35-2)28-17(31)13(21)4-3-6-25-20(22)23/h9-11,13-15H,3-8,21H2,1-2H3,(H,24,26)(H,27,32)(H,28,31)(H,29,30)(H,33,34)(H4,22,23,25). The summed E-state index contributed by atoms with van der Waals surface area (Å²) in [5.41, 5.74) is 17.0. The average molecular weight is 514 g/mol. The molecule has 0 fully saturated rings. The van der Waals surface area contributed by atoms with Gasteiger partial charge in [-0.3, -0.25) is 19.4 Å². The van der Waals surface area contributed by atoms with Gasteiger partial charge in [-0.2, -0.15) is 11.8 Å². The fourth-order valence-electron chi connectivity index (χ4n) is 2.93. The van der Waals surface area contributed by atoms with Gasteiger partial charge in [0, 0.05) is 24.9 Å². The molecule has 4 atom stereocenters. The fraction of sp³-hybridized carbons (Fsp3) is 0.600. The number of imidazole rings is 1. The molecule has 0 aliphatic carbocycles.